The molecule has 0 radical (unpaired) electrons. The summed E-state index contributed by atoms with van der Waals surface area (Å²) in [4.78, 5) is 42.3. The minimum atomic E-state index is -0.752. The number of amides is 1. The molecule has 3 unspecified atom stereocenters. The number of allylic oxidation sites excluding steroid dienone is 1. The molecule has 1 fully saturated rings. The van der Waals surface area contributed by atoms with Gasteiger partial charge in [-0.1, -0.05) is 86.1 Å². The highest BCUT2D eigenvalue weighted by atomic mass is 35.5. The molecule has 0 aliphatic carbocycles. The lowest BCUT2D eigenvalue weighted by Crippen LogP contribution is -2.50. The molecule has 19 heteroatoms. The number of nitrogens with one attached hydrogen (secondary N) is 3. The standard InChI is InChI=1S/C24H33N3O4.C20H25ClN2O5.C15H25NO3/c1-18-7-6-8-19(2)24(18)25-23(29)16-27-13-11-26(12-14-27)15-20(28)17-31-22-10-5-4-9-21(22)30-3;1-4-28-20(25)18-15(11-27-10-9-22)23-12(2)16(19(24)26-3)17(18)13-7-5-6-8-14(13)21;1-12(2)16-10-14(17)11-19-15-6-4-13(5-7-15)8-9-18-3/h4-10,20,28H,11-17H2,1-3H3,(H,25,29);5-8,17,23H,4,9-11,22H2,1-3H3;4-7,12,14,16-17H,8-11H2,1-3H3. The van der Waals surface area contributed by atoms with Gasteiger partial charge in [-0.3, -0.25) is 14.6 Å². The van der Waals surface area contributed by atoms with Gasteiger partial charge in [0, 0.05) is 75.4 Å². The number of aryl methyl sites for hydroxylation is 2. The first-order valence-corrected chi connectivity index (χ1v) is 26.8. The zero-order valence-corrected chi connectivity index (χ0v) is 47.7. The van der Waals surface area contributed by atoms with Crippen LogP contribution in [-0.4, -0.2) is 169 Å². The third kappa shape index (κ3) is 21.3. The fraction of sp³-hybridized carbons (Fsp3) is 0.475. The van der Waals surface area contributed by atoms with Crippen molar-refractivity contribution in [2.24, 2.45) is 5.73 Å². The number of rotatable bonds is 26. The lowest BCUT2D eigenvalue weighted by Gasteiger charge is -2.35. The Bertz CT molecular complexity index is 2520. The van der Waals surface area contributed by atoms with Crippen molar-refractivity contribution in [2.75, 3.05) is 119 Å². The van der Waals surface area contributed by atoms with E-state index in [1.54, 1.807) is 52.3 Å². The number of β-amino-alcohol motifs (C(OH)–C–C–N with tert-alkyl or cyclic N) is 1. The van der Waals surface area contributed by atoms with Crippen LogP contribution in [0.25, 0.3) is 0 Å². The van der Waals surface area contributed by atoms with E-state index in [2.05, 4.69) is 25.8 Å². The number of anilines is 1. The molecule has 0 spiro atoms. The number of ether oxygens (including phenoxy) is 7. The van der Waals surface area contributed by atoms with Crippen LogP contribution in [-0.2, 0) is 39.8 Å². The Balaban J connectivity index is 0.000000260. The number of piperazine rings is 1. The van der Waals surface area contributed by atoms with Crippen LogP contribution in [0.3, 0.4) is 0 Å². The van der Waals surface area contributed by atoms with Crippen LogP contribution in [0.4, 0.5) is 5.69 Å². The van der Waals surface area contributed by atoms with Gasteiger partial charge in [0.2, 0.25) is 5.91 Å². The van der Waals surface area contributed by atoms with Crippen molar-refractivity contribution in [3.63, 3.8) is 0 Å². The molecule has 6 rings (SSSR count). The third-order valence-electron chi connectivity index (χ3n) is 12.5. The molecule has 428 valence electrons. The van der Waals surface area contributed by atoms with Gasteiger partial charge in [-0.25, -0.2) is 9.59 Å². The van der Waals surface area contributed by atoms with Crippen molar-refractivity contribution in [1.82, 2.24) is 20.4 Å². The van der Waals surface area contributed by atoms with E-state index in [1.807, 2.05) is 94.4 Å². The highest BCUT2D eigenvalue weighted by Gasteiger charge is 2.39. The van der Waals surface area contributed by atoms with Crippen LogP contribution in [0.15, 0.2) is 114 Å². The molecule has 0 bridgehead atoms. The SMILES string of the molecule is CCOC(=O)C1=C(COCCN)NC(C)=C(C(=O)OC)C1c1ccccc1Cl.COCCc1ccc(OCC(O)CNC(C)C)cc1.COc1ccccc1OCC(O)CN1CCN(CC(=O)Nc2c(C)cccc2C)CC1. The number of methoxy groups -OCH3 is 3. The number of para-hydroxylation sites is 3. The largest absolute Gasteiger partial charge is 0.493 e. The highest BCUT2D eigenvalue weighted by Crippen LogP contribution is 2.42. The number of carbonyl (C=O) groups is 3. The quantitative estimate of drug-likeness (QED) is 0.0305. The van der Waals surface area contributed by atoms with E-state index in [4.69, 9.17) is 50.5 Å². The summed E-state index contributed by atoms with van der Waals surface area (Å²) in [6, 6.07) is 28.7. The number of hydrogen-bond donors (Lipinski definition) is 6. The van der Waals surface area contributed by atoms with E-state index in [0.717, 1.165) is 61.8 Å². The topological polar surface area (TPSA) is 225 Å². The fourth-order valence-electron chi connectivity index (χ4n) is 8.51. The first kappa shape index (κ1) is 64.5. The van der Waals surface area contributed by atoms with Crippen molar-refractivity contribution in [3.05, 3.63) is 141 Å². The molecule has 4 aromatic rings. The van der Waals surface area contributed by atoms with Gasteiger partial charge >= 0.3 is 11.9 Å². The molecule has 0 saturated carbocycles. The molecular formula is C59H83ClN6O12. The van der Waals surface area contributed by atoms with Crippen LogP contribution < -0.4 is 35.9 Å². The number of carbonyl (C=O) groups excluding carboxylic acids is 3. The molecule has 2 aliphatic rings. The van der Waals surface area contributed by atoms with Crippen molar-refractivity contribution in [2.45, 2.75) is 72.1 Å². The molecule has 1 amide bonds. The number of esters is 2. The molecule has 3 atom stereocenters. The van der Waals surface area contributed by atoms with Crippen molar-refractivity contribution < 1.29 is 57.8 Å². The number of aliphatic hydroxyl groups excluding tert-OH is 2. The molecule has 0 aromatic heterocycles. The zero-order chi connectivity index (χ0) is 57.0. The maximum atomic E-state index is 12.9. The third-order valence-corrected chi connectivity index (χ3v) is 12.9. The second kappa shape index (κ2) is 34.7. The number of benzene rings is 4. The number of halogens is 1. The van der Waals surface area contributed by atoms with Crippen molar-refractivity contribution >= 4 is 35.1 Å². The Morgan fingerprint density at radius 2 is 1.42 bits per heavy atom. The predicted octanol–water partition coefficient (Wildman–Crippen LogP) is 6.19. The van der Waals surface area contributed by atoms with Gasteiger partial charge in [0.25, 0.3) is 0 Å². The van der Waals surface area contributed by atoms with Gasteiger partial charge in [-0.2, -0.15) is 0 Å². The summed E-state index contributed by atoms with van der Waals surface area (Å²) in [5.74, 6) is 0.212. The molecule has 7 N–H and O–H groups in total. The Morgan fingerprint density at radius 3 is 2.04 bits per heavy atom. The van der Waals surface area contributed by atoms with Crippen LogP contribution in [0.1, 0.15) is 55.9 Å². The molecule has 4 aromatic carbocycles. The van der Waals surface area contributed by atoms with E-state index in [0.29, 0.717) is 84.5 Å². The predicted molar refractivity (Wildman–Crippen MR) is 304 cm³/mol. The summed E-state index contributed by atoms with van der Waals surface area (Å²) in [7, 11) is 4.59. The van der Waals surface area contributed by atoms with Crippen LogP contribution in [0, 0.1) is 13.8 Å². The van der Waals surface area contributed by atoms with E-state index in [1.165, 1.54) is 12.7 Å². The Kier molecular flexibility index (Phi) is 28.7. The summed E-state index contributed by atoms with van der Waals surface area (Å²) >= 11 is 6.42. The smallest absolute Gasteiger partial charge is 0.336 e. The number of aliphatic hydroxyl groups is 2. The number of dihydropyridines is 1. The van der Waals surface area contributed by atoms with Gasteiger partial charge in [0.05, 0.1) is 70.0 Å². The van der Waals surface area contributed by atoms with E-state index in [9.17, 15) is 24.6 Å². The second-order valence-corrected chi connectivity index (χ2v) is 19.4. The maximum Gasteiger partial charge on any atom is 0.336 e. The van der Waals surface area contributed by atoms with Gasteiger partial charge in [0.1, 0.15) is 31.2 Å². The van der Waals surface area contributed by atoms with Crippen molar-refractivity contribution in [3.8, 4) is 17.2 Å². The Hall–Kier alpha value is -6.06. The molecule has 78 heavy (non-hydrogen) atoms. The summed E-state index contributed by atoms with van der Waals surface area (Å²) in [6.07, 6.45) is -0.183. The van der Waals surface area contributed by atoms with Crippen molar-refractivity contribution in [1.29, 1.82) is 0 Å². The second-order valence-electron chi connectivity index (χ2n) is 19.0. The summed E-state index contributed by atoms with van der Waals surface area (Å²) < 4.78 is 37.3. The van der Waals surface area contributed by atoms with E-state index >= 15 is 0 Å². The summed E-state index contributed by atoms with van der Waals surface area (Å²) in [5.41, 5.74) is 12.0. The lowest BCUT2D eigenvalue weighted by molar-refractivity contribution is -0.139. The Labute approximate surface area is 466 Å². The molecule has 1 saturated heterocycles. The first-order valence-electron chi connectivity index (χ1n) is 26.4. The van der Waals surface area contributed by atoms with Crippen LogP contribution in [0.2, 0.25) is 5.02 Å². The van der Waals surface area contributed by atoms with E-state index < -0.39 is 30.1 Å². The maximum absolute atomic E-state index is 12.9. The Morgan fingerprint density at radius 1 is 0.782 bits per heavy atom. The lowest BCUT2D eigenvalue weighted by atomic mass is 9.80. The van der Waals surface area contributed by atoms with Gasteiger partial charge < -0.3 is 65.1 Å². The first-order chi connectivity index (χ1) is 37.5. The monoisotopic (exact) mass is 1100 g/mol. The minimum absolute atomic E-state index is 0.0103. The van der Waals surface area contributed by atoms with Gasteiger partial charge in [-0.15, -0.1) is 0 Å². The van der Waals surface area contributed by atoms with Crippen LogP contribution in [0.5, 0.6) is 17.2 Å². The summed E-state index contributed by atoms with van der Waals surface area (Å²) in [6.45, 7) is 18.4. The van der Waals surface area contributed by atoms with Gasteiger partial charge in [0.15, 0.2) is 11.5 Å². The average Bonchev–Trinajstić information content (AvgIpc) is 3.49. The average molecular weight is 1100 g/mol. The molecule has 2 heterocycles. The van der Waals surface area contributed by atoms with Crippen LogP contribution >= 0.6 is 11.6 Å². The van der Waals surface area contributed by atoms with E-state index in [-0.39, 0.29) is 31.3 Å². The summed E-state index contributed by atoms with van der Waals surface area (Å²) in [5, 5.41) is 29.8. The number of nitrogens with zero attached hydrogens (tertiary/aromatic N) is 2. The fourth-order valence-corrected chi connectivity index (χ4v) is 8.76. The number of nitrogens with two attached hydrogens (primary N) is 1. The molecular weight excluding hydrogens is 1020 g/mol. The molecule has 18 nitrogen and oxygen atoms in total. The highest BCUT2D eigenvalue weighted by molar-refractivity contribution is 6.31. The molecule has 2 aliphatic heterocycles. The minimum Gasteiger partial charge on any atom is -0.493 e. The van der Waals surface area contributed by atoms with Gasteiger partial charge in [-0.05, 0) is 86.7 Å². The zero-order valence-electron chi connectivity index (χ0n) is 46.9. The normalized spacial score (nSPS) is 15.4. The number of hydrogen-bond acceptors (Lipinski definition) is 17.